The van der Waals surface area contributed by atoms with Crippen molar-refractivity contribution in [1.29, 1.82) is 0 Å². The molecule has 4 rings (SSSR count). The molecule has 1 N–H and O–H groups in total. The van der Waals surface area contributed by atoms with Gasteiger partial charge in [0.2, 0.25) is 10.0 Å². The predicted octanol–water partition coefficient (Wildman–Crippen LogP) is 3.85. The summed E-state index contributed by atoms with van der Waals surface area (Å²) in [6, 6.07) is 19.3. The van der Waals surface area contributed by atoms with Crippen LogP contribution < -0.4 is 5.32 Å². The summed E-state index contributed by atoms with van der Waals surface area (Å²) in [5, 5.41) is 2.86. The van der Waals surface area contributed by atoms with Gasteiger partial charge in [-0.3, -0.25) is 9.69 Å². The van der Waals surface area contributed by atoms with Crippen molar-refractivity contribution in [2.75, 3.05) is 38.6 Å². The number of ether oxygens (including phenoxy) is 1. The summed E-state index contributed by atoms with van der Waals surface area (Å²) in [5.74, 6) is -0.736. The molecule has 0 bridgehead atoms. The molecule has 8 nitrogen and oxygen atoms in total. The van der Waals surface area contributed by atoms with Crippen LogP contribution in [0.1, 0.15) is 37.4 Å². The molecule has 0 unspecified atom stereocenters. The van der Waals surface area contributed by atoms with E-state index in [9.17, 15) is 18.0 Å². The van der Waals surface area contributed by atoms with Crippen molar-refractivity contribution in [3.63, 3.8) is 0 Å². The maximum absolute atomic E-state index is 12.9. The van der Waals surface area contributed by atoms with E-state index < -0.39 is 16.0 Å². The van der Waals surface area contributed by atoms with Crippen LogP contribution in [0, 0.1) is 13.8 Å². The van der Waals surface area contributed by atoms with Crippen LogP contribution in [-0.2, 0) is 21.3 Å². The van der Waals surface area contributed by atoms with Gasteiger partial charge >= 0.3 is 5.97 Å². The van der Waals surface area contributed by atoms with Crippen molar-refractivity contribution in [2.45, 2.75) is 25.3 Å². The van der Waals surface area contributed by atoms with Gasteiger partial charge in [0.05, 0.1) is 17.6 Å². The van der Waals surface area contributed by atoms with E-state index >= 15 is 0 Å². The molecule has 1 heterocycles. The second-order valence-corrected chi connectivity index (χ2v) is 11.1. The molecule has 1 fully saturated rings. The molecule has 0 aliphatic carbocycles. The number of esters is 1. The Morgan fingerprint density at radius 3 is 2.11 bits per heavy atom. The number of amides is 1. The molecule has 0 saturated carbocycles. The van der Waals surface area contributed by atoms with E-state index in [0.717, 1.165) is 16.7 Å². The molecule has 1 saturated heterocycles. The Morgan fingerprint density at radius 2 is 1.49 bits per heavy atom. The van der Waals surface area contributed by atoms with Crippen LogP contribution in [0.15, 0.2) is 71.6 Å². The highest BCUT2D eigenvalue weighted by Gasteiger charge is 2.28. The number of nitrogens with zero attached hydrogens (tertiary/aromatic N) is 2. The third kappa shape index (κ3) is 6.25. The maximum atomic E-state index is 12.9. The minimum atomic E-state index is -3.49. The molecule has 0 spiro atoms. The third-order valence-corrected chi connectivity index (χ3v) is 8.43. The van der Waals surface area contributed by atoms with Crippen LogP contribution in [0.2, 0.25) is 0 Å². The summed E-state index contributed by atoms with van der Waals surface area (Å²) < 4.78 is 32.2. The Labute approximate surface area is 217 Å². The summed E-state index contributed by atoms with van der Waals surface area (Å²) in [6.07, 6.45) is 0. The summed E-state index contributed by atoms with van der Waals surface area (Å²) in [7, 11) is -2.18. The lowest BCUT2D eigenvalue weighted by Crippen LogP contribution is -2.48. The number of benzene rings is 3. The molecular weight excluding hydrogens is 490 g/mol. The topological polar surface area (TPSA) is 96.0 Å². The zero-order chi connectivity index (χ0) is 26.6. The van der Waals surface area contributed by atoms with Crippen molar-refractivity contribution < 1.29 is 22.7 Å². The fourth-order valence-corrected chi connectivity index (χ4v) is 5.63. The first-order chi connectivity index (χ1) is 17.7. The predicted molar refractivity (Wildman–Crippen MR) is 142 cm³/mol. The Kier molecular flexibility index (Phi) is 8.06. The quantitative estimate of drug-likeness (QED) is 0.475. The van der Waals surface area contributed by atoms with E-state index in [2.05, 4.69) is 10.2 Å². The first kappa shape index (κ1) is 26.5. The Morgan fingerprint density at radius 1 is 0.865 bits per heavy atom. The monoisotopic (exact) mass is 521 g/mol. The Hall–Kier alpha value is -3.53. The van der Waals surface area contributed by atoms with E-state index in [1.165, 1.54) is 7.11 Å². The van der Waals surface area contributed by atoms with Crippen molar-refractivity contribution in [3.05, 3.63) is 94.5 Å². The van der Waals surface area contributed by atoms with E-state index in [-0.39, 0.29) is 5.91 Å². The molecule has 1 amide bonds. The van der Waals surface area contributed by atoms with Crippen LogP contribution in [0.5, 0.6) is 0 Å². The minimum absolute atomic E-state index is 0.272. The first-order valence-corrected chi connectivity index (χ1v) is 13.5. The first-order valence-electron chi connectivity index (χ1n) is 12.1. The van der Waals surface area contributed by atoms with Crippen LogP contribution in [0.4, 0.5) is 5.69 Å². The Bertz CT molecular complexity index is 1380. The molecule has 1 aliphatic rings. The smallest absolute Gasteiger partial charge is 0.337 e. The van der Waals surface area contributed by atoms with Gasteiger partial charge in [0, 0.05) is 44.0 Å². The SMILES string of the molecule is COC(=O)c1ccc(C)c(NC(=O)c2ccc(CN3CCN(S(=O)(=O)c4ccc(C)cc4)CC3)cc2)c1. The summed E-state index contributed by atoms with van der Waals surface area (Å²) >= 11 is 0. The highest BCUT2D eigenvalue weighted by atomic mass is 32.2. The van der Waals surface area contributed by atoms with Crippen molar-refractivity contribution in [1.82, 2.24) is 9.21 Å². The molecule has 1 aliphatic heterocycles. The summed E-state index contributed by atoms with van der Waals surface area (Å²) in [5.41, 5.74) is 4.31. The minimum Gasteiger partial charge on any atom is -0.465 e. The molecule has 0 aromatic heterocycles. The molecule has 3 aromatic carbocycles. The van der Waals surface area contributed by atoms with Gasteiger partial charge in [0.1, 0.15) is 0 Å². The maximum Gasteiger partial charge on any atom is 0.337 e. The number of carbonyl (C=O) groups is 2. The number of nitrogens with one attached hydrogen (secondary N) is 1. The highest BCUT2D eigenvalue weighted by Crippen LogP contribution is 2.21. The fourth-order valence-electron chi connectivity index (χ4n) is 4.20. The number of carbonyl (C=O) groups excluding carboxylic acids is 2. The van der Waals surface area contributed by atoms with Crippen LogP contribution in [0.25, 0.3) is 0 Å². The van der Waals surface area contributed by atoms with Gasteiger partial charge in [-0.25, -0.2) is 13.2 Å². The van der Waals surface area contributed by atoms with Crippen molar-refractivity contribution >= 4 is 27.6 Å². The second kappa shape index (κ2) is 11.2. The average Bonchev–Trinajstić information content (AvgIpc) is 2.90. The molecule has 194 valence electrons. The number of hydrogen-bond acceptors (Lipinski definition) is 6. The standard InChI is InChI=1S/C28H31N3O5S/c1-20-4-12-25(13-5-20)37(34,35)31-16-14-30(15-17-31)19-22-7-10-23(11-8-22)27(32)29-26-18-24(28(33)36-3)9-6-21(26)2/h4-13,18H,14-17,19H2,1-3H3,(H,29,32). The molecule has 0 radical (unpaired) electrons. The average molecular weight is 522 g/mol. The van der Waals surface area contributed by atoms with E-state index in [0.29, 0.717) is 54.4 Å². The molecular formula is C28H31N3O5S. The Balaban J connectivity index is 1.33. The number of piperazine rings is 1. The van der Waals surface area contributed by atoms with Crippen molar-refractivity contribution in [3.8, 4) is 0 Å². The number of methoxy groups -OCH3 is 1. The van der Waals surface area contributed by atoms with Gasteiger partial charge in [-0.05, 0) is 61.4 Å². The number of rotatable bonds is 7. The van der Waals surface area contributed by atoms with Crippen LogP contribution in [-0.4, -0.2) is 62.8 Å². The largest absolute Gasteiger partial charge is 0.465 e. The van der Waals surface area contributed by atoms with E-state index in [1.807, 2.05) is 38.1 Å². The van der Waals surface area contributed by atoms with Gasteiger partial charge in [0.25, 0.3) is 5.91 Å². The second-order valence-electron chi connectivity index (χ2n) is 9.17. The highest BCUT2D eigenvalue weighted by molar-refractivity contribution is 7.89. The number of anilines is 1. The third-order valence-electron chi connectivity index (χ3n) is 6.52. The normalized spacial score (nSPS) is 14.8. The zero-order valence-corrected chi connectivity index (χ0v) is 22.0. The lowest BCUT2D eigenvalue weighted by molar-refractivity contribution is 0.0600. The fraction of sp³-hybridized carbons (Fsp3) is 0.286. The van der Waals surface area contributed by atoms with Crippen LogP contribution in [0.3, 0.4) is 0 Å². The zero-order valence-electron chi connectivity index (χ0n) is 21.2. The molecule has 0 atom stereocenters. The van der Waals surface area contributed by atoms with E-state index in [4.69, 9.17) is 4.74 Å². The van der Waals surface area contributed by atoms with E-state index in [1.54, 1.807) is 46.8 Å². The van der Waals surface area contributed by atoms with Gasteiger partial charge in [0.15, 0.2) is 0 Å². The molecule has 3 aromatic rings. The van der Waals surface area contributed by atoms with Crippen LogP contribution >= 0.6 is 0 Å². The lowest BCUT2D eigenvalue weighted by atomic mass is 10.1. The number of hydrogen-bond donors (Lipinski definition) is 1. The molecule has 9 heteroatoms. The van der Waals surface area contributed by atoms with Gasteiger partial charge in [-0.1, -0.05) is 35.9 Å². The number of aryl methyl sites for hydroxylation is 2. The van der Waals surface area contributed by atoms with Gasteiger partial charge in [-0.15, -0.1) is 0 Å². The molecule has 37 heavy (non-hydrogen) atoms. The van der Waals surface area contributed by atoms with Gasteiger partial charge in [-0.2, -0.15) is 4.31 Å². The number of sulfonamides is 1. The summed E-state index contributed by atoms with van der Waals surface area (Å²) in [6.45, 7) is 6.57. The summed E-state index contributed by atoms with van der Waals surface area (Å²) in [4.78, 5) is 27.1. The lowest BCUT2D eigenvalue weighted by Gasteiger charge is -2.34. The van der Waals surface area contributed by atoms with Crippen molar-refractivity contribution in [2.24, 2.45) is 0 Å². The van der Waals surface area contributed by atoms with Gasteiger partial charge < -0.3 is 10.1 Å².